The van der Waals surface area contributed by atoms with E-state index in [4.69, 9.17) is 9.47 Å². The zero-order chi connectivity index (χ0) is 26.0. The number of hydrogen-bond acceptors (Lipinski definition) is 8. The summed E-state index contributed by atoms with van der Waals surface area (Å²) in [7, 11) is 0. The van der Waals surface area contributed by atoms with Crippen LogP contribution in [0.2, 0.25) is 0 Å². The predicted molar refractivity (Wildman–Crippen MR) is 130 cm³/mol. The molecule has 5 fully saturated rings. The van der Waals surface area contributed by atoms with Crippen molar-refractivity contribution >= 4 is 0 Å². The number of rotatable bonds is 5. The van der Waals surface area contributed by atoms with Crippen molar-refractivity contribution < 1.29 is 34.8 Å². The van der Waals surface area contributed by atoms with Crippen LogP contribution in [-0.2, 0) is 9.47 Å². The number of nitrogens with zero attached hydrogens (tertiary/aromatic N) is 1. The molecule has 0 unspecified atom stereocenters. The molecule has 0 amide bonds. The van der Waals surface area contributed by atoms with Gasteiger partial charge in [-0.1, -0.05) is 13.8 Å². The summed E-state index contributed by atoms with van der Waals surface area (Å²) in [6.07, 6.45) is 3.47. The van der Waals surface area contributed by atoms with Gasteiger partial charge in [0.1, 0.15) is 18.3 Å². The second-order valence-electron chi connectivity index (χ2n) is 13.2. The van der Waals surface area contributed by atoms with E-state index in [1.54, 1.807) is 6.92 Å². The van der Waals surface area contributed by atoms with Gasteiger partial charge in [0.15, 0.2) is 6.29 Å². The monoisotopic (exact) mass is 511 g/mol. The number of ether oxygens (including phenoxy) is 2. The van der Waals surface area contributed by atoms with Crippen LogP contribution < -0.4 is 0 Å². The van der Waals surface area contributed by atoms with Crippen molar-refractivity contribution in [2.24, 2.45) is 34.5 Å². The van der Waals surface area contributed by atoms with Crippen molar-refractivity contribution in [3.05, 3.63) is 10.1 Å². The highest BCUT2D eigenvalue weighted by atomic mass is 16.7. The third kappa shape index (κ3) is 4.04. The molecule has 5 rings (SSSR count). The Morgan fingerprint density at radius 3 is 2.44 bits per heavy atom. The van der Waals surface area contributed by atoms with Crippen LogP contribution in [0, 0.1) is 44.6 Å². The van der Waals surface area contributed by atoms with E-state index < -0.39 is 36.3 Å². The van der Waals surface area contributed by atoms with Gasteiger partial charge in [-0.2, -0.15) is 0 Å². The minimum atomic E-state index is -1.29. The van der Waals surface area contributed by atoms with Crippen LogP contribution in [0.3, 0.4) is 0 Å². The summed E-state index contributed by atoms with van der Waals surface area (Å²) in [5.41, 5.74) is -0.885. The van der Waals surface area contributed by atoms with Crippen LogP contribution in [0.15, 0.2) is 0 Å². The molecule has 0 aromatic carbocycles. The molecule has 206 valence electrons. The van der Waals surface area contributed by atoms with Gasteiger partial charge in [-0.15, -0.1) is 0 Å². The van der Waals surface area contributed by atoms with Gasteiger partial charge in [-0.3, -0.25) is 10.1 Å². The van der Waals surface area contributed by atoms with E-state index in [0.717, 1.165) is 57.8 Å². The lowest BCUT2D eigenvalue weighted by molar-refractivity contribution is -0.482. The van der Waals surface area contributed by atoms with Crippen molar-refractivity contribution in [1.29, 1.82) is 0 Å². The van der Waals surface area contributed by atoms with Crippen molar-refractivity contribution in [1.82, 2.24) is 0 Å². The van der Waals surface area contributed by atoms with Crippen LogP contribution in [0.5, 0.6) is 0 Å². The molecule has 0 spiro atoms. The van der Waals surface area contributed by atoms with Crippen molar-refractivity contribution in [3.63, 3.8) is 0 Å². The van der Waals surface area contributed by atoms with Gasteiger partial charge in [0.05, 0.1) is 17.8 Å². The SMILES string of the molecule is C[C@@H]1O[C@H](O[C@H]2CC[C@@]3(C)[C@H](CC[C@@H]4[C@@H]3CC[C@]3(C)[C@@H](CC[N+](=O)[O-])CC[C@]43O)C2)[C@H](O)[C@H](O)[C@H]1O. The van der Waals surface area contributed by atoms with Crippen molar-refractivity contribution in [2.75, 3.05) is 6.54 Å². The molecular weight excluding hydrogens is 466 g/mol. The van der Waals surface area contributed by atoms with E-state index in [9.17, 15) is 30.5 Å². The first kappa shape index (κ1) is 26.8. The quantitative estimate of drug-likeness (QED) is 0.251. The summed E-state index contributed by atoms with van der Waals surface area (Å²) < 4.78 is 11.9. The van der Waals surface area contributed by atoms with Gasteiger partial charge in [0.2, 0.25) is 6.54 Å². The smallest absolute Gasteiger partial charge is 0.204 e. The third-order valence-electron chi connectivity index (χ3n) is 11.8. The molecule has 0 aromatic rings. The Morgan fingerprint density at radius 2 is 1.72 bits per heavy atom. The summed E-state index contributed by atoms with van der Waals surface area (Å²) >= 11 is 0. The van der Waals surface area contributed by atoms with E-state index in [-0.39, 0.29) is 40.2 Å². The molecule has 13 atom stereocenters. The molecule has 0 bridgehead atoms. The van der Waals surface area contributed by atoms with Crippen LogP contribution in [-0.4, -0.2) is 74.3 Å². The van der Waals surface area contributed by atoms with Gasteiger partial charge < -0.3 is 29.9 Å². The Hall–Kier alpha value is -0.840. The maximum atomic E-state index is 12.2. The molecule has 0 radical (unpaired) electrons. The third-order valence-corrected chi connectivity index (χ3v) is 11.8. The second-order valence-corrected chi connectivity index (χ2v) is 13.2. The minimum Gasteiger partial charge on any atom is -0.389 e. The van der Waals surface area contributed by atoms with Gasteiger partial charge in [-0.05, 0) is 99.2 Å². The van der Waals surface area contributed by atoms with Gasteiger partial charge in [-0.25, -0.2) is 0 Å². The lowest BCUT2D eigenvalue weighted by atomic mass is 9.43. The summed E-state index contributed by atoms with van der Waals surface area (Å²) in [5, 5.41) is 53.8. The number of aliphatic hydroxyl groups excluding tert-OH is 3. The molecule has 4 aliphatic carbocycles. The number of fused-ring (bicyclic) bond motifs is 5. The highest BCUT2D eigenvalue weighted by Crippen LogP contribution is 2.69. The largest absolute Gasteiger partial charge is 0.389 e. The highest BCUT2D eigenvalue weighted by molar-refractivity contribution is 5.16. The minimum absolute atomic E-state index is 0.0141. The Kier molecular flexibility index (Phi) is 7.00. The summed E-state index contributed by atoms with van der Waals surface area (Å²) in [6, 6.07) is 0. The molecule has 9 heteroatoms. The lowest BCUT2D eigenvalue weighted by Crippen LogP contribution is -2.62. The molecule has 9 nitrogen and oxygen atoms in total. The fourth-order valence-electron chi connectivity index (χ4n) is 9.46. The molecule has 4 N–H and O–H groups in total. The number of nitro groups is 1. The fourth-order valence-corrected chi connectivity index (χ4v) is 9.46. The molecule has 1 aliphatic heterocycles. The molecule has 0 aromatic heterocycles. The molecule has 36 heavy (non-hydrogen) atoms. The number of hydrogen-bond donors (Lipinski definition) is 4. The lowest BCUT2D eigenvalue weighted by Gasteiger charge is -2.63. The average Bonchev–Trinajstić information content (AvgIpc) is 3.10. The Labute approximate surface area is 213 Å². The summed E-state index contributed by atoms with van der Waals surface area (Å²) in [6.45, 7) is 6.24. The van der Waals surface area contributed by atoms with Gasteiger partial charge in [0, 0.05) is 11.3 Å². The standard InChI is InChI=1S/C27H45NO8/c1-15-21(29)22(30)23(31)24(35-15)36-18-7-10-25(2)17(14-18)4-5-20-19(25)8-11-26(3)16(9-13-28(33)34)6-12-27(20,26)32/h15-24,29-32H,4-14H2,1-3H3/t15-,16+,17+,18-,19-,20+,21-,22+,23+,24+,25-,26+,27-/m0/s1. The van der Waals surface area contributed by atoms with E-state index >= 15 is 0 Å². The van der Waals surface area contributed by atoms with Gasteiger partial charge in [0.25, 0.3) is 0 Å². The summed E-state index contributed by atoms with van der Waals surface area (Å²) in [5.74, 6) is 1.32. The zero-order valence-corrected chi connectivity index (χ0v) is 21.9. The fraction of sp³-hybridized carbons (Fsp3) is 1.00. The Bertz CT molecular complexity index is 843. The summed E-state index contributed by atoms with van der Waals surface area (Å²) in [4.78, 5) is 10.8. The first-order valence-electron chi connectivity index (χ1n) is 14.1. The van der Waals surface area contributed by atoms with Crippen molar-refractivity contribution in [3.8, 4) is 0 Å². The highest BCUT2D eigenvalue weighted by Gasteiger charge is 2.67. The number of aliphatic hydroxyl groups is 4. The van der Waals surface area contributed by atoms with Gasteiger partial charge >= 0.3 is 0 Å². The van der Waals surface area contributed by atoms with E-state index in [1.165, 1.54) is 0 Å². The van der Waals surface area contributed by atoms with E-state index in [2.05, 4.69) is 13.8 Å². The first-order valence-corrected chi connectivity index (χ1v) is 14.1. The predicted octanol–water partition coefficient (Wildman–Crippen LogP) is 2.64. The van der Waals surface area contributed by atoms with Crippen LogP contribution in [0.25, 0.3) is 0 Å². The molecular formula is C27H45NO8. The maximum Gasteiger partial charge on any atom is 0.204 e. The van der Waals surface area contributed by atoms with E-state index in [0.29, 0.717) is 18.3 Å². The average molecular weight is 512 g/mol. The van der Waals surface area contributed by atoms with Crippen molar-refractivity contribution in [2.45, 2.75) is 127 Å². The normalized spacial score (nSPS) is 54.9. The van der Waals surface area contributed by atoms with E-state index in [1.807, 2.05) is 0 Å². The zero-order valence-electron chi connectivity index (χ0n) is 21.9. The van der Waals surface area contributed by atoms with Crippen LogP contribution >= 0.6 is 0 Å². The first-order chi connectivity index (χ1) is 16.9. The Balaban J connectivity index is 1.26. The topological polar surface area (TPSA) is 143 Å². The molecule has 1 heterocycles. The molecule has 4 saturated carbocycles. The molecule has 5 aliphatic rings. The second kappa shape index (κ2) is 9.42. The van der Waals surface area contributed by atoms with Crippen LogP contribution in [0.4, 0.5) is 0 Å². The Morgan fingerprint density at radius 1 is 0.972 bits per heavy atom. The maximum absolute atomic E-state index is 12.2. The molecule has 1 saturated heterocycles. The van der Waals surface area contributed by atoms with Crippen LogP contribution in [0.1, 0.15) is 85.0 Å².